The average molecular weight is 278 g/mol. The van der Waals surface area contributed by atoms with E-state index in [4.69, 9.17) is 0 Å². The fraction of sp³-hybridized carbons (Fsp3) is 0.444. The number of rotatable bonds is 1. The van der Waals surface area contributed by atoms with Gasteiger partial charge in [-0.05, 0) is 36.7 Å². The summed E-state index contributed by atoms with van der Waals surface area (Å²) in [5.41, 5.74) is 3.99. The van der Waals surface area contributed by atoms with E-state index in [0.717, 1.165) is 29.9 Å². The Morgan fingerprint density at radius 1 is 1.10 bits per heavy atom. The van der Waals surface area contributed by atoms with Gasteiger partial charge in [0.05, 0.1) is 5.70 Å². The molecule has 3 nitrogen and oxygen atoms in total. The Balaban J connectivity index is 1.76. The molecule has 1 heterocycles. The highest BCUT2D eigenvalue weighted by molar-refractivity contribution is 6.09. The summed E-state index contributed by atoms with van der Waals surface area (Å²) in [6.07, 6.45) is 5.48. The quantitative estimate of drug-likeness (QED) is 0.793. The largest absolute Gasteiger partial charge is 0.370 e. The molecular formula is C18H18N2O. The third kappa shape index (κ3) is 1.98. The van der Waals surface area contributed by atoms with Gasteiger partial charge >= 0.3 is 0 Å². The Bertz CT molecular complexity index is 681. The number of hydrogen-bond donors (Lipinski definition) is 0. The number of nitrogens with zero attached hydrogens (tertiary/aromatic N) is 2. The zero-order valence-corrected chi connectivity index (χ0v) is 12.1. The Labute approximate surface area is 124 Å². The number of ketones is 1. The minimum absolute atomic E-state index is 0.0297. The lowest BCUT2D eigenvalue weighted by Crippen LogP contribution is -2.36. The van der Waals surface area contributed by atoms with Crippen molar-refractivity contribution in [2.45, 2.75) is 32.1 Å². The number of hydrogen-bond acceptors (Lipinski definition) is 3. The fourth-order valence-corrected chi connectivity index (χ4v) is 3.76. The maximum atomic E-state index is 12.3. The summed E-state index contributed by atoms with van der Waals surface area (Å²) in [7, 11) is 0. The predicted octanol–water partition coefficient (Wildman–Crippen LogP) is 2.92. The van der Waals surface area contributed by atoms with Crippen molar-refractivity contribution in [3.05, 3.63) is 41.0 Å². The van der Waals surface area contributed by atoms with Crippen molar-refractivity contribution < 1.29 is 4.79 Å². The first-order valence-electron chi connectivity index (χ1n) is 7.73. The van der Waals surface area contributed by atoms with Crippen molar-refractivity contribution in [1.82, 2.24) is 4.90 Å². The number of nitriles is 1. The Hall–Kier alpha value is -2.08. The first kappa shape index (κ1) is 12.6. The maximum Gasteiger partial charge on any atom is 0.179 e. The van der Waals surface area contributed by atoms with Crippen molar-refractivity contribution in [2.75, 3.05) is 13.1 Å². The molecule has 1 aliphatic heterocycles. The summed E-state index contributed by atoms with van der Waals surface area (Å²) in [4.78, 5) is 14.5. The van der Waals surface area contributed by atoms with Gasteiger partial charge in [-0.2, -0.15) is 5.26 Å². The molecule has 0 radical (unpaired) electrons. The molecule has 2 aliphatic carbocycles. The molecule has 0 atom stereocenters. The standard InChI is InChI=1S/C18H18N2O/c19-12-15-16(21)11-13-3-1-2-4-14(13)17(15)20-9-7-18(5-6-18)8-10-20/h1-4H,5-11H2. The lowest BCUT2D eigenvalue weighted by atomic mass is 9.86. The van der Waals surface area contributed by atoms with Crippen LogP contribution >= 0.6 is 0 Å². The summed E-state index contributed by atoms with van der Waals surface area (Å²) in [5, 5.41) is 9.45. The van der Waals surface area contributed by atoms with Crippen LogP contribution in [0.1, 0.15) is 36.8 Å². The molecule has 0 amide bonds. The van der Waals surface area contributed by atoms with Gasteiger partial charge in [-0.25, -0.2) is 0 Å². The van der Waals surface area contributed by atoms with Crippen LogP contribution in [-0.4, -0.2) is 23.8 Å². The van der Waals surface area contributed by atoms with Gasteiger partial charge in [-0.3, -0.25) is 4.79 Å². The summed E-state index contributed by atoms with van der Waals surface area (Å²) >= 11 is 0. The third-order valence-electron chi connectivity index (χ3n) is 5.35. The van der Waals surface area contributed by atoms with Crippen LogP contribution in [0, 0.1) is 16.7 Å². The van der Waals surface area contributed by atoms with E-state index in [1.165, 1.54) is 25.7 Å². The van der Waals surface area contributed by atoms with E-state index in [0.29, 0.717) is 17.4 Å². The van der Waals surface area contributed by atoms with Crippen LogP contribution in [-0.2, 0) is 11.2 Å². The smallest absolute Gasteiger partial charge is 0.179 e. The first-order chi connectivity index (χ1) is 10.2. The fourth-order valence-electron chi connectivity index (χ4n) is 3.76. The molecule has 1 spiro atoms. The van der Waals surface area contributed by atoms with Gasteiger partial charge < -0.3 is 4.90 Å². The van der Waals surface area contributed by atoms with Gasteiger partial charge in [0.25, 0.3) is 0 Å². The molecule has 21 heavy (non-hydrogen) atoms. The second kappa shape index (κ2) is 4.46. The van der Waals surface area contributed by atoms with Crippen LogP contribution in [0.25, 0.3) is 5.70 Å². The van der Waals surface area contributed by atoms with Crippen LogP contribution in [0.2, 0.25) is 0 Å². The molecule has 1 aromatic rings. The van der Waals surface area contributed by atoms with Crippen LogP contribution in [0.15, 0.2) is 29.8 Å². The monoisotopic (exact) mass is 278 g/mol. The molecule has 1 aromatic carbocycles. The average Bonchev–Trinajstić information content (AvgIpc) is 3.26. The lowest BCUT2D eigenvalue weighted by molar-refractivity contribution is -0.114. The minimum atomic E-state index is -0.0297. The molecule has 0 N–H and O–H groups in total. The molecule has 4 rings (SSSR count). The zero-order valence-electron chi connectivity index (χ0n) is 12.1. The molecule has 106 valence electrons. The van der Waals surface area contributed by atoms with Gasteiger partial charge in [-0.1, -0.05) is 24.3 Å². The highest BCUT2D eigenvalue weighted by Gasteiger charge is 2.45. The van der Waals surface area contributed by atoms with Crippen LogP contribution < -0.4 is 0 Å². The van der Waals surface area contributed by atoms with Crippen LogP contribution in [0.4, 0.5) is 0 Å². The highest BCUT2D eigenvalue weighted by Crippen LogP contribution is 2.54. The predicted molar refractivity (Wildman–Crippen MR) is 80.2 cm³/mol. The van der Waals surface area contributed by atoms with Gasteiger partial charge in [-0.15, -0.1) is 0 Å². The molecule has 1 saturated heterocycles. The minimum Gasteiger partial charge on any atom is -0.370 e. The lowest BCUT2D eigenvalue weighted by Gasteiger charge is -2.37. The van der Waals surface area contributed by atoms with E-state index >= 15 is 0 Å². The maximum absolute atomic E-state index is 12.3. The Morgan fingerprint density at radius 3 is 2.48 bits per heavy atom. The second-order valence-corrected chi connectivity index (χ2v) is 6.58. The van der Waals surface area contributed by atoms with E-state index in [-0.39, 0.29) is 5.78 Å². The van der Waals surface area contributed by atoms with Crippen molar-refractivity contribution in [2.24, 2.45) is 5.41 Å². The van der Waals surface area contributed by atoms with Crippen LogP contribution in [0.5, 0.6) is 0 Å². The third-order valence-corrected chi connectivity index (χ3v) is 5.35. The van der Waals surface area contributed by atoms with Gasteiger partial charge in [0.2, 0.25) is 0 Å². The Kier molecular flexibility index (Phi) is 2.68. The van der Waals surface area contributed by atoms with Gasteiger partial charge in [0.15, 0.2) is 5.78 Å². The van der Waals surface area contributed by atoms with Crippen LogP contribution in [0.3, 0.4) is 0 Å². The molecule has 0 unspecified atom stereocenters. The molecular weight excluding hydrogens is 260 g/mol. The number of benzene rings is 1. The van der Waals surface area contributed by atoms with E-state index in [1.54, 1.807) is 0 Å². The molecule has 0 bridgehead atoms. The summed E-state index contributed by atoms with van der Waals surface area (Å²) in [5.74, 6) is -0.0297. The van der Waals surface area contributed by atoms with Gasteiger partial charge in [0.1, 0.15) is 11.6 Å². The number of fused-ring (bicyclic) bond motifs is 1. The van der Waals surface area contributed by atoms with Crippen molar-refractivity contribution in [3.63, 3.8) is 0 Å². The van der Waals surface area contributed by atoms with E-state index < -0.39 is 0 Å². The zero-order chi connectivity index (χ0) is 14.4. The van der Waals surface area contributed by atoms with Gasteiger partial charge in [0, 0.05) is 25.1 Å². The SMILES string of the molecule is N#CC1=C(N2CCC3(CC2)CC3)c2ccccc2CC1=O. The van der Waals surface area contributed by atoms with E-state index in [1.807, 2.05) is 18.2 Å². The van der Waals surface area contributed by atoms with E-state index in [9.17, 15) is 10.1 Å². The topological polar surface area (TPSA) is 44.1 Å². The molecule has 2 fully saturated rings. The first-order valence-corrected chi connectivity index (χ1v) is 7.73. The molecule has 3 aliphatic rings. The number of carbonyl (C=O) groups excluding carboxylic acids is 1. The summed E-state index contributed by atoms with van der Waals surface area (Å²) in [6, 6.07) is 10.2. The van der Waals surface area contributed by atoms with Crippen molar-refractivity contribution in [3.8, 4) is 6.07 Å². The molecule has 1 saturated carbocycles. The Morgan fingerprint density at radius 2 is 1.81 bits per heavy atom. The van der Waals surface area contributed by atoms with Crippen molar-refractivity contribution >= 4 is 11.5 Å². The number of likely N-dealkylation sites (tertiary alicyclic amines) is 1. The molecule has 3 heteroatoms. The molecule has 0 aromatic heterocycles. The number of piperidine rings is 1. The number of Topliss-reactive ketones (excluding diaryl/α,β-unsaturated/α-hetero) is 1. The number of allylic oxidation sites excluding steroid dienone is 1. The second-order valence-electron chi connectivity index (χ2n) is 6.58. The highest BCUT2D eigenvalue weighted by atomic mass is 16.1. The summed E-state index contributed by atoms with van der Waals surface area (Å²) < 4.78 is 0. The van der Waals surface area contributed by atoms with E-state index in [2.05, 4.69) is 17.0 Å². The van der Waals surface area contributed by atoms with Crippen molar-refractivity contribution in [1.29, 1.82) is 5.26 Å². The number of carbonyl (C=O) groups is 1. The summed E-state index contributed by atoms with van der Waals surface area (Å²) in [6.45, 7) is 1.95. The normalized spacial score (nSPS) is 23.0.